The second-order valence-corrected chi connectivity index (χ2v) is 11.3. The molecule has 32 heavy (non-hydrogen) atoms. The van der Waals surface area contributed by atoms with Crippen LogP contribution in [0.4, 0.5) is 0 Å². The molecule has 9 heteroatoms. The molecule has 0 aliphatic carbocycles. The fourth-order valence-corrected chi connectivity index (χ4v) is 6.00. The van der Waals surface area contributed by atoms with Crippen molar-refractivity contribution < 1.29 is 13.2 Å². The van der Waals surface area contributed by atoms with Crippen molar-refractivity contribution in [3.05, 3.63) is 70.0 Å². The normalized spacial score (nSPS) is 18.2. The minimum absolute atomic E-state index is 0.145. The number of hydrogen-bond acceptors (Lipinski definition) is 5. The number of rotatable bonds is 6. The van der Waals surface area contributed by atoms with E-state index in [4.69, 9.17) is 4.74 Å². The summed E-state index contributed by atoms with van der Waals surface area (Å²) in [6.45, 7) is 7.24. The van der Waals surface area contributed by atoms with E-state index >= 15 is 0 Å². The Morgan fingerprint density at radius 1 is 1.19 bits per heavy atom. The molecule has 0 fully saturated rings. The van der Waals surface area contributed by atoms with Crippen LogP contribution >= 0.6 is 15.9 Å². The first-order valence-electron chi connectivity index (χ1n) is 10.6. The van der Waals surface area contributed by atoms with Crippen molar-refractivity contribution in [3.63, 3.8) is 0 Å². The summed E-state index contributed by atoms with van der Waals surface area (Å²) in [5.74, 6) is 0.685. The standard InChI is InChI=1S/C23H27BrN4O3S/c1-16(2)10-21-15-31-22-11-19(24)8-9-23(22)32(29,30)28(21)14-20-13-27(26-25-20)12-18-7-5-4-6-17(18)3/h4-9,11,13,16,21H,10,12,14-15H2,1-3H3/t21-/m0/s1. The molecular weight excluding hydrogens is 492 g/mol. The summed E-state index contributed by atoms with van der Waals surface area (Å²) >= 11 is 3.40. The number of nitrogens with zero attached hydrogens (tertiary/aromatic N) is 4. The number of benzene rings is 2. The zero-order valence-corrected chi connectivity index (χ0v) is 20.8. The van der Waals surface area contributed by atoms with Crippen LogP contribution < -0.4 is 4.74 Å². The monoisotopic (exact) mass is 518 g/mol. The highest BCUT2D eigenvalue weighted by Gasteiger charge is 2.38. The Hall–Kier alpha value is -2.23. The Bertz CT molecular complexity index is 1210. The SMILES string of the molecule is Cc1ccccc1Cn1cc(CN2[C@@H](CC(C)C)COc3cc(Br)ccc3S2(=O)=O)nn1. The Balaban J connectivity index is 1.64. The van der Waals surface area contributed by atoms with E-state index in [1.165, 1.54) is 9.87 Å². The largest absolute Gasteiger partial charge is 0.490 e. The summed E-state index contributed by atoms with van der Waals surface area (Å²) in [4.78, 5) is 0.180. The van der Waals surface area contributed by atoms with E-state index in [9.17, 15) is 8.42 Å². The van der Waals surface area contributed by atoms with Gasteiger partial charge in [0.05, 0.1) is 31.0 Å². The molecule has 1 aromatic heterocycles. The van der Waals surface area contributed by atoms with E-state index in [-0.39, 0.29) is 24.1 Å². The van der Waals surface area contributed by atoms with Crippen LogP contribution in [0.1, 0.15) is 37.1 Å². The maximum atomic E-state index is 13.6. The van der Waals surface area contributed by atoms with Crippen molar-refractivity contribution >= 4 is 26.0 Å². The molecule has 0 N–H and O–H groups in total. The van der Waals surface area contributed by atoms with Gasteiger partial charge in [-0.3, -0.25) is 0 Å². The topological polar surface area (TPSA) is 77.3 Å². The lowest BCUT2D eigenvalue weighted by molar-refractivity contribution is 0.186. The Morgan fingerprint density at radius 2 is 1.97 bits per heavy atom. The summed E-state index contributed by atoms with van der Waals surface area (Å²) in [5, 5.41) is 8.51. The van der Waals surface area contributed by atoms with Crippen LogP contribution in [0.5, 0.6) is 5.75 Å². The molecule has 0 saturated carbocycles. The van der Waals surface area contributed by atoms with Gasteiger partial charge in [0.15, 0.2) is 0 Å². The van der Waals surface area contributed by atoms with Crippen molar-refractivity contribution in [3.8, 4) is 5.75 Å². The highest BCUT2D eigenvalue weighted by molar-refractivity contribution is 9.10. The lowest BCUT2D eigenvalue weighted by Crippen LogP contribution is -2.42. The van der Waals surface area contributed by atoms with Gasteiger partial charge in [0, 0.05) is 4.47 Å². The Labute approximate surface area is 197 Å². The molecule has 170 valence electrons. The van der Waals surface area contributed by atoms with Crippen molar-refractivity contribution in [1.82, 2.24) is 19.3 Å². The fourth-order valence-electron chi connectivity index (χ4n) is 3.95. The molecule has 0 spiro atoms. The zero-order chi connectivity index (χ0) is 22.9. The van der Waals surface area contributed by atoms with E-state index in [0.29, 0.717) is 30.3 Å². The second kappa shape index (κ2) is 9.33. The average Bonchev–Trinajstić information content (AvgIpc) is 3.14. The molecule has 4 rings (SSSR count). The number of sulfonamides is 1. The number of hydrogen-bond donors (Lipinski definition) is 0. The molecule has 2 aromatic carbocycles. The van der Waals surface area contributed by atoms with Crippen molar-refractivity contribution in [2.45, 2.75) is 51.2 Å². The number of aryl methyl sites for hydroxylation is 1. The summed E-state index contributed by atoms with van der Waals surface area (Å²) < 4.78 is 37.3. The van der Waals surface area contributed by atoms with Crippen LogP contribution in [0.3, 0.4) is 0 Å². The van der Waals surface area contributed by atoms with Crippen molar-refractivity contribution in [2.24, 2.45) is 5.92 Å². The third-order valence-corrected chi connectivity index (χ3v) is 8.00. The summed E-state index contributed by atoms with van der Waals surface area (Å²) in [6.07, 6.45) is 2.51. The first-order chi connectivity index (χ1) is 15.2. The predicted octanol–water partition coefficient (Wildman–Crippen LogP) is 4.40. The molecule has 0 radical (unpaired) electrons. The van der Waals surface area contributed by atoms with Crippen LogP contribution in [-0.4, -0.2) is 40.4 Å². The van der Waals surface area contributed by atoms with Crippen LogP contribution in [0, 0.1) is 12.8 Å². The van der Waals surface area contributed by atoms with Crippen molar-refractivity contribution in [2.75, 3.05) is 6.61 Å². The van der Waals surface area contributed by atoms with E-state index in [1.807, 2.05) is 18.3 Å². The van der Waals surface area contributed by atoms with Gasteiger partial charge in [-0.2, -0.15) is 4.31 Å². The lowest BCUT2D eigenvalue weighted by atomic mass is 10.0. The molecule has 1 atom stereocenters. The molecule has 0 bridgehead atoms. The highest BCUT2D eigenvalue weighted by atomic mass is 79.9. The molecule has 3 aromatic rings. The van der Waals surface area contributed by atoms with Gasteiger partial charge in [0.1, 0.15) is 17.3 Å². The third kappa shape index (κ3) is 4.89. The van der Waals surface area contributed by atoms with Gasteiger partial charge >= 0.3 is 0 Å². The molecule has 7 nitrogen and oxygen atoms in total. The Morgan fingerprint density at radius 3 is 2.72 bits per heavy atom. The summed E-state index contributed by atoms with van der Waals surface area (Å²) in [7, 11) is -3.77. The van der Waals surface area contributed by atoms with Crippen molar-refractivity contribution in [1.29, 1.82) is 0 Å². The number of aromatic nitrogens is 3. The first-order valence-corrected chi connectivity index (χ1v) is 12.8. The van der Waals surface area contributed by atoms with Crippen LogP contribution in [0.15, 0.2) is 58.0 Å². The van der Waals surface area contributed by atoms with Gasteiger partial charge in [-0.1, -0.05) is 59.3 Å². The molecule has 1 aliphatic rings. The smallest absolute Gasteiger partial charge is 0.247 e. The average molecular weight is 519 g/mol. The van der Waals surface area contributed by atoms with Crippen LogP contribution in [0.25, 0.3) is 0 Å². The molecular formula is C23H27BrN4O3S. The van der Waals surface area contributed by atoms with Gasteiger partial charge in [-0.15, -0.1) is 5.10 Å². The molecule has 0 amide bonds. The highest BCUT2D eigenvalue weighted by Crippen LogP contribution is 2.35. The van der Waals surface area contributed by atoms with Gasteiger partial charge < -0.3 is 4.74 Å². The number of fused-ring (bicyclic) bond motifs is 1. The summed E-state index contributed by atoms with van der Waals surface area (Å²) in [5.41, 5.74) is 2.94. The second-order valence-electron chi connectivity index (χ2n) is 8.57. The quantitative estimate of drug-likeness (QED) is 0.483. The maximum Gasteiger partial charge on any atom is 0.247 e. The summed E-state index contributed by atoms with van der Waals surface area (Å²) in [6, 6.07) is 12.8. The lowest BCUT2D eigenvalue weighted by Gasteiger charge is -2.28. The van der Waals surface area contributed by atoms with E-state index in [1.54, 1.807) is 22.9 Å². The van der Waals surface area contributed by atoms with Gasteiger partial charge in [-0.25, -0.2) is 13.1 Å². The predicted molar refractivity (Wildman–Crippen MR) is 126 cm³/mol. The van der Waals surface area contributed by atoms with Crippen LogP contribution in [-0.2, 0) is 23.1 Å². The zero-order valence-electron chi connectivity index (χ0n) is 18.4. The Kier molecular flexibility index (Phi) is 6.69. The van der Waals surface area contributed by atoms with Gasteiger partial charge in [0.25, 0.3) is 0 Å². The van der Waals surface area contributed by atoms with E-state index in [0.717, 1.165) is 10.0 Å². The van der Waals surface area contributed by atoms with Gasteiger partial charge in [0.2, 0.25) is 10.0 Å². The van der Waals surface area contributed by atoms with Crippen LogP contribution in [0.2, 0.25) is 0 Å². The fraction of sp³-hybridized carbons (Fsp3) is 0.391. The number of ether oxygens (including phenoxy) is 1. The molecule has 0 saturated heterocycles. The molecule has 1 aliphatic heterocycles. The van der Waals surface area contributed by atoms with E-state index in [2.05, 4.69) is 59.1 Å². The molecule has 0 unspecified atom stereocenters. The first kappa shape index (κ1) is 22.9. The maximum absolute atomic E-state index is 13.6. The molecule has 2 heterocycles. The minimum Gasteiger partial charge on any atom is -0.490 e. The van der Waals surface area contributed by atoms with Gasteiger partial charge in [-0.05, 0) is 48.6 Å². The third-order valence-electron chi connectivity index (χ3n) is 5.57. The van der Waals surface area contributed by atoms with E-state index < -0.39 is 10.0 Å². The number of halogens is 1. The minimum atomic E-state index is -3.77.